The molecule has 0 aliphatic rings. The van der Waals surface area contributed by atoms with Gasteiger partial charge in [-0.25, -0.2) is 4.79 Å². The van der Waals surface area contributed by atoms with Crippen LogP contribution in [0, 0.1) is 0 Å². The van der Waals surface area contributed by atoms with Crippen LogP contribution in [0.1, 0.15) is 5.69 Å². The number of aromatic amines is 1. The summed E-state index contributed by atoms with van der Waals surface area (Å²) in [4.78, 5) is 26.0. The fourth-order valence-electron chi connectivity index (χ4n) is 1.37. The van der Waals surface area contributed by atoms with Gasteiger partial charge in [0.25, 0.3) is 0 Å². The molecule has 2 rings (SSSR count). The van der Waals surface area contributed by atoms with Crippen LogP contribution in [0.4, 0.5) is 16.2 Å². The number of carbonyl (C=O) groups excluding carboxylic acids is 1. The summed E-state index contributed by atoms with van der Waals surface area (Å²) in [7, 11) is 0. The SMILES string of the molecule is O=C(O)Cc1ccc(NC(=O)Nc2cn[nH]c2)cn1. The molecule has 0 atom stereocenters. The second kappa shape index (κ2) is 5.63. The Morgan fingerprint density at radius 3 is 2.58 bits per heavy atom. The largest absolute Gasteiger partial charge is 0.481 e. The van der Waals surface area contributed by atoms with Gasteiger partial charge in [0.05, 0.1) is 35.9 Å². The van der Waals surface area contributed by atoms with Gasteiger partial charge >= 0.3 is 12.0 Å². The third-order valence-corrected chi connectivity index (χ3v) is 2.17. The van der Waals surface area contributed by atoms with Crippen molar-refractivity contribution in [2.24, 2.45) is 0 Å². The molecule has 0 bridgehead atoms. The molecule has 4 N–H and O–H groups in total. The van der Waals surface area contributed by atoms with Gasteiger partial charge in [-0.1, -0.05) is 0 Å². The minimum absolute atomic E-state index is 0.151. The van der Waals surface area contributed by atoms with Gasteiger partial charge in [0.1, 0.15) is 0 Å². The fourth-order valence-corrected chi connectivity index (χ4v) is 1.37. The molecule has 2 amide bonds. The molecule has 8 heteroatoms. The fraction of sp³-hybridized carbons (Fsp3) is 0.0909. The zero-order valence-electron chi connectivity index (χ0n) is 9.75. The van der Waals surface area contributed by atoms with Crippen LogP contribution in [-0.2, 0) is 11.2 Å². The first-order chi connectivity index (χ1) is 9.13. The lowest BCUT2D eigenvalue weighted by atomic mass is 10.2. The average molecular weight is 261 g/mol. The highest BCUT2D eigenvalue weighted by molar-refractivity contribution is 5.99. The van der Waals surface area contributed by atoms with Crippen molar-refractivity contribution in [2.75, 3.05) is 10.6 Å². The maximum absolute atomic E-state index is 11.6. The predicted molar refractivity (Wildman–Crippen MR) is 66.8 cm³/mol. The van der Waals surface area contributed by atoms with Crippen molar-refractivity contribution < 1.29 is 14.7 Å². The van der Waals surface area contributed by atoms with E-state index in [1.54, 1.807) is 12.1 Å². The molecule has 19 heavy (non-hydrogen) atoms. The summed E-state index contributed by atoms with van der Waals surface area (Å²) >= 11 is 0. The van der Waals surface area contributed by atoms with Crippen molar-refractivity contribution in [1.29, 1.82) is 0 Å². The van der Waals surface area contributed by atoms with Crippen LogP contribution in [0.2, 0.25) is 0 Å². The number of aliphatic carboxylic acids is 1. The number of nitrogens with zero attached hydrogens (tertiary/aromatic N) is 2. The summed E-state index contributed by atoms with van der Waals surface area (Å²) in [5.41, 5.74) is 1.43. The van der Waals surface area contributed by atoms with Crippen LogP contribution < -0.4 is 10.6 Å². The van der Waals surface area contributed by atoms with E-state index in [0.717, 1.165) is 0 Å². The number of carboxylic acids is 1. The number of carbonyl (C=O) groups is 2. The molecule has 2 aromatic rings. The first-order valence-corrected chi connectivity index (χ1v) is 5.37. The Hall–Kier alpha value is -2.90. The number of hydrogen-bond donors (Lipinski definition) is 4. The monoisotopic (exact) mass is 261 g/mol. The Bertz CT molecular complexity index is 565. The summed E-state index contributed by atoms with van der Waals surface area (Å²) in [5.74, 6) is -0.953. The minimum Gasteiger partial charge on any atom is -0.481 e. The number of hydrogen-bond acceptors (Lipinski definition) is 4. The van der Waals surface area contributed by atoms with Crippen molar-refractivity contribution in [3.8, 4) is 0 Å². The highest BCUT2D eigenvalue weighted by Crippen LogP contribution is 2.08. The van der Waals surface area contributed by atoms with Gasteiger partial charge in [0, 0.05) is 6.20 Å². The summed E-state index contributed by atoms with van der Waals surface area (Å²) in [6, 6.07) is 2.69. The summed E-state index contributed by atoms with van der Waals surface area (Å²) in [6.07, 6.45) is 4.25. The number of anilines is 2. The van der Waals surface area contributed by atoms with Crippen LogP contribution in [-0.4, -0.2) is 32.3 Å². The number of rotatable bonds is 4. The number of urea groups is 1. The second-order valence-electron chi connectivity index (χ2n) is 3.67. The topological polar surface area (TPSA) is 120 Å². The maximum Gasteiger partial charge on any atom is 0.323 e. The average Bonchev–Trinajstić information content (AvgIpc) is 2.83. The van der Waals surface area contributed by atoms with Crippen molar-refractivity contribution in [1.82, 2.24) is 15.2 Å². The smallest absolute Gasteiger partial charge is 0.323 e. The Morgan fingerprint density at radius 1 is 1.21 bits per heavy atom. The lowest BCUT2D eigenvalue weighted by Crippen LogP contribution is -2.19. The molecule has 0 radical (unpaired) electrons. The van der Waals surface area contributed by atoms with E-state index < -0.39 is 12.0 Å². The molecular weight excluding hydrogens is 250 g/mol. The number of nitrogens with one attached hydrogen (secondary N) is 3. The van der Waals surface area contributed by atoms with Gasteiger partial charge < -0.3 is 15.7 Å². The molecule has 0 spiro atoms. The van der Waals surface area contributed by atoms with Crippen LogP contribution in [0.25, 0.3) is 0 Å². The molecule has 0 aliphatic carbocycles. The molecule has 0 fully saturated rings. The Kier molecular flexibility index (Phi) is 3.72. The highest BCUT2D eigenvalue weighted by Gasteiger charge is 2.05. The van der Waals surface area contributed by atoms with E-state index in [9.17, 15) is 9.59 Å². The first kappa shape index (κ1) is 12.6. The third kappa shape index (κ3) is 3.80. The normalized spacial score (nSPS) is 9.89. The number of aromatic nitrogens is 3. The Labute approximate surface area is 107 Å². The van der Waals surface area contributed by atoms with E-state index in [-0.39, 0.29) is 6.42 Å². The lowest BCUT2D eigenvalue weighted by molar-refractivity contribution is -0.136. The van der Waals surface area contributed by atoms with Gasteiger partial charge in [-0.15, -0.1) is 0 Å². The summed E-state index contributed by atoms with van der Waals surface area (Å²) in [6.45, 7) is 0. The Balaban J connectivity index is 1.92. The van der Waals surface area contributed by atoms with Gasteiger partial charge in [0.15, 0.2) is 0 Å². The highest BCUT2D eigenvalue weighted by atomic mass is 16.4. The van der Waals surface area contributed by atoms with Crippen LogP contribution >= 0.6 is 0 Å². The zero-order chi connectivity index (χ0) is 13.7. The number of H-pyrrole nitrogens is 1. The molecule has 0 unspecified atom stereocenters. The third-order valence-electron chi connectivity index (χ3n) is 2.17. The molecule has 0 saturated heterocycles. The van der Waals surface area contributed by atoms with E-state index in [1.165, 1.54) is 18.6 Å². The second-order valence-corrected chi connectivity index (χ2v) is 3.67. The zero-order valence-corrected chi connectivity index (χ0v) is 9.75. The molecule has 0 aromatic carbocycles. The lowest BCUT2D eigenvalue weighted by Gasteiger charge is -2.05. The molecular formula is C11H11N5O3. The van der Waals surface area contributed by atoms with Crippen LogP contribution in [0.5, 0.6) is 0 Å². The number of carboxylic acid groups (broad SMARTS) is 1. The molecule has 2 heterocycles. The van der Waals surface area contributed by atoms with E-state index in [4.69, 9.17) is 5.11 Å². The standard InChI is InChI=1S/C11H11N5O3/c17-10(18)3-7-1-2-8(4-12-7)15-11(19)16-9-5-13-14-6-9/h1-2,4-6H,3H2,(H,13,14)(H,17,18)(H2,15,16,19). The molecule has 8 nitrogen and oxygen atoms in total. The van der Waals surface area contributed by atoms with E-state index in [0.29, 0.717) is 17.1 Å². The first-order valence-electron chi connectivity index (χ1n) is 5.37. The van der Waals surface area contributed by atoms with E-state index in [1.807, 2.05) is 0 Å². The minimum atomic E-state index is -0.953. The van der Waals surface area contributed by atoms with E-state index in [2.05, 4.69) is 25.8 Å². The van der Waals surface area contributed by atoms with Gasteiger partial charge in [-0.2, -0.15) is 5.10 Å². The van der Waals surface area contributed by atoms with Crippen LogP contribution in [0.3, 0.4) is 0 Å². The number of amides is 2. The summed E-state index contributed by atoms with van der Waals surface area (Å²) < 4.78 is 0. The molecule has 2 aromatic heterocycles. The van der Waals surface area contributed by atoms with Crippen molar-refractivity contribution >= 4 is 23.4 Å². The molecule has 0 aliphatic heterocycles. The van der Waals surface area contributed by atoms with Gasteiger partial charge in [0.2, 0.25) is 0 Å². The predicted octanol–water partition coefficient (Wildman–Crippen LogP) is 1.08. The van der Waals surface area contributed by atoms with Gasteiger partial charge in [-0.3, -0.25) is 14.9 Å². The molecule has 98 valence electrons. The van der Waals surface area contributed by atoms with Crippen LogP contribution in [0.15, 0.2) is 30.7 Å². The quantitative estimate of drug-likeness (QED) is 0.656. The van der Waals surface area contributed by atoms with Crippen molar-refractivity contribution in [3.63, 3.8) is 0 Å². The summed E-state index contributed by atoms with van der Waals surface area (Å²) in [5, 5.41) is 20.0. The van der Waals surface area contributed by atoms with Crippen molar-refractivity contribution in [2.45, 2.75) is 6.42 Å². The van der Waals surface area contributed by atoms with Gasteiger partial charge in [-0.05, 0) is 12.1 Å². The van der Waals surface area contributed by atoms with E-state index >= 15 is 0 Å². The molecule has 0 saturated carbocycles. The number of pyridine rings is 1. The Morgan fingerprint density at radius 2 is 2.00 bits per heavy atom. The maximum atomic E-state index is 11.6. The van der Waals surface area contributed by atoms with Crippen molar-refractivity contribution in [3.05, 3.63) is 36.4 Å².